The number of hydrogen-bond donors (Lipinski definition) is 1. The van der Waals surface area contributed by atoms with Gasteiger partial charge in [-0.3, -0.25) is 4.90 Å². The Kier molecular flexibility index (Phi) is 6.45. The van der Waals surface area contributed by atoms with E-state index in [9.17, 15) is 5.11 Å². The van der Waals surface area contributed by atoms with Gasteiger partial charge in [0.05, 0.1) is 13.7 Å². The standard InChI is InChI=1S/C24H30N4O2/c1-30-23-8-7-21(13-22(23)16-28-19-25-18-26-28)15-27-11-9-24(17-29,10-12-27)14-20-5-3-2-4-6-20/h2-8,13,18-19,29H,9-12,14-17H2,1H3. The van der Waals surface area contributed by atoms with Crippen LogP contribution in [0.15, 0.2) is 61.2 Å². The zero-order chi connectivity index (χ0) is 20.8. The van der Waals surface area contributed by atoms with Crippen LogP contribution in [-0.2, 0) is 19.5 Å². The zero-order valence-electron chi connectivity index (χ0n) is 17.6. The largest absolute Gasteiger partial charge is 0.496 e. The third-order valence-corrected chi connectivity index (χ3v) is 6.22. The number of piperidine rings is 1. The Balaban J connectivity index is 1.39. The summed E-state index contributed by atoms with van der Waals surface area (Å²) in [5.74, 6) is 0.870. The molecule has 6 heteroatoms. The number of aliphatic hydroxyl groups excluding tert-OH is 1. The summed E-state index contributed by atoms with van der Waals surface area (Å²) in [5, 5.41) is 14.4. The van der Waals surface area contributed by atoms with E-state index in [1.807, 2.05) is 16.8 Å². The maximum Gasteiger partial charge on any atom is 0.137 e. The Hall–Kier alpha value is -2.70. The van der Waals surface area contributed by atoms with E-state index in [0.29, 0.717) is 6.54 Å². The van der Waals surface area contributed by atoms with Gasteiger partial charge in [0.25, 0.3) is 0 Å². The van der Waals surface area contributed by atoms with Crippen molar-refractivity contribution in [3.8, 4) is 5.75 Å². The van der Waals surface area contributed by atoms with Gasteiger partial charge < -0.3 is 9.84 Å². The molecule has 1 saturated heterocycles. The topological polar surface area (TPSA) is 63.4 Å². The number of methoxy groups -OCH3 is 1. The van der Waals surface area contributed by atoms with Gasteiger partial charge in [0.1, 0.15) is 18.4 Å². The van der Waals surface area contributed by atoms with E-state index >= 15 is 0 Å². The van der Waals surface area contributed by atoms with Crippen LogP contribution in [0.25, 0.3) is 0 Å². The number of aromatic nitrogens is 3. The molecule has 0 spiro atoms. The average Bonchev–Trinajstić information content (AvgIpc) is 3.29. The highest BCUT2D eigenvalue weighted by Gasteiger charge is 2.34. The number of ether oxygens (including phenoxy) is 1. The molecule has 1 aliphatic heterocycles. The van der Waals surface area contributed by atoms with Crippen LogP contribution in [0.1, 0.15) is 29.5 Å². The first-order valence-electron chi connectivity index (χ1n) is 10.5. The summed E-state index contributed by atoms with van der Waals surface area (Å²) in [4.78, 5) is 6.51. The lowest BCUT2D eigenvalue weighted by atomic mass is 9.74. The Morgan fingerprint density at radius 2 is 1.83 bits per heavy atom. The van der Waals surface area contributed by atoms with Gasteiger partial charge in [-0.05, 0) is 61.0 Å². The van der Waals surface area contributed by atoms with Crippen LogP contribution in [0.2, 0.25) is 0 Å². The fraction of sp³-hybridized carbons (Fsp3) is 0.417. The van der Waals surface area contributed by atoms with Crippen molar-refractivity contribution < 1.29 is 9.84 Å². The monoisotopic (exact) mass is 406 g/mol. The molecule has 4 rings (SSSR count). The summed E-state index contributed by atoms with van der Waals surface area (Å²) in [6.45, 7) is 3.79. The van der Waals surface area contributed by atoms with Gasteiger partial charge in [-0.25, -0.2) is 9.67 Å². The number of likely N-dealkylation sites (tertiary alicyclic amines) is 1. The number of nitrogens with zero attached hydrogens (tertiary/aromatic N) is 4. The van der Waals surface area contributed by atoms with Crippen molar-refractivity contribution in [2.24, 2.45) is 5.41 Å². The molecule has 30 heavy (non-hydrogen) atoms. The number of benzene rings is 2. The normalized spacial score (nSPS) is 16.5. The molecule has 6 nitrogen and oxygen atoms in total. The smallest absolute Gasteiger partial charge is 0.137 e. The van der Waals surface area contributed by atoms with Gasteiger partial charge in [0.15, 0.2) is 0 Å². The Morgan fingerprint density at radius 1 is 1.03 bits per heavy atom. The first kappa shape index (κ1) is 20.6. The molecule has 158 valence electrons. The minimum absolute atomic E-state index is 0.00395. The molecule has 1 fully saturated rings. The summed E-state index contributed by atoms with van der Waals surface area (Å²) in [6.07, 6.45) is 6.24. The second kappa shape index (κ2) is 9.41. The highest BCUT2D eigenvalue weighted by Crippen LogP contribution is 2.35. The van der Waals surface area contributed by atoms with Gasteiger partial charge in [-0.1, -0.05) is 36.4 Å². The van der Waals surface area contributed by atoms with Crippen LogP contribution in [0.5, 0.6) is 5.75 Å². The van der Waals surface area contributed by atoms with Crippen LogP contribution in [0.4, 0.5) is 0 Å². The average molecular weight is 407 g/mol. The predicted molar refractivity (Wildman–Crippen MR) is 116 cm³/mol. The van der Waals surface area contributed by atoms with Crippen LogP contribution < -0.4 is 4.74 Å². The molecule has 0 radical (unpaired) electrons. The summed E-state index contributed by atoms with van der Waals surface area (Å²) in [5.41, 5.74) is 3.68. The molecule has 0 atom stereocenters. The van der Waals surface area contributed by atoms with Gasteiger partial charge in [0.2, 0.25) is 0 Å². The molecule has 1 N–H and O–H groups in total. The zero-order valence-corrected chi connectivity index (χ0v) is 17.6. The predicted octanol–water partition coefficient (Wildman–Crippen LogP) is 3.15. The first-order chi connectivity index (χ1) is 14.7. The van der Waals surface area contributed by atoms with E-state index in [0.717, 1.165) is 50.2 Å². The lowest BCUT2D eigenvalue weighted by molar-refractivity contribution is 0.0413. The van der Waals surface area contributed by atoms with Crippen molar-refractivity contribution in [1.82, 2.24) is 19.7 Å². The van der Waals surface area contributed by atoms with Gasteiger partial charge >= 0.3 is 0 Å². The molecule has 0 saturated carbocycles. The maximum absolute atomic E-state index is 10.1. The second-order valence-electron chi connectivity index (χ2n) is 8.34. The molecule has 0 bridgehead atoms. The van der Waals surface area contributed by atoms with Crippen molar-refractivity contribution in [2.75, 3.05) is 26.8 Å². The van der Waals surface area contributed by atoms with Crippen LogP contribution in [0.3, 0.4) is 0 Å². The minimum atomic E-state index is -0.00395. The summed E-state index contributed by atoms with van der Waals surface area (Å²) in [6, 6.07) is 16.9. The Labute approximate surface area is 178 Å². The summed E-state index contributed by atoms with van der Waals surface area (Å²) < 4.78 is 7.34. The van der Waals surface area contributed by atoms with Gasteiger partial charge in [-0.2, -0.15) is 5.10 Å². The summed E-state index contributed by atoms with van der Waals surface area (Å²) in [7, 11) is 1.70. The fourth-order valence-corrected chi connectivity index (χ4v) is 4.41. The van der Waals surface area contributed by atoms with Crippen LogP contribution in [0, 0.1) is 5.41 Å². The van der Waals surface area contributed by atoms with Crippen molar-refractivity contribution in [2.45, 2.75) is 32.4 Å². The van der Waals surface area contributed by atoms with E-state index in [2.05, 4.69) is 51.4 Å². The molecule has 2 heterocycles. The van der Waals surface area contributed by atoms with Gasteiger partial charge in [0, 0.05) is 18.7 Å². The van der Waals surface area contributed by atoms with E-state index in [1.54, 1.807) is 19.8 Å². The van der Waals surface area contributed by atoms with Crippen molar-refractivity contribution in [1.29, 1.82) is 0 Å². The van der Waals surface area contributed by atoms with Gasteiger partial charge in [-0.15, -0.1) is 0 Å². The molecule has 0 unspecified atom stereocenters. The molecular formula is C24H30N4O2. The van der Waals surface area contributed by atoms with E-state index in [4.69, 9.17) is 4.74 Å². The highest BCUT2D eigenvalue weighted by atomic mass is 16.5. The van der Waals surface area contributed by atoms with Crippen LogP contribution in [-0.4, -0.2) is 51.6 Å². The maximum atomic E-state index is 10.1. The van der Waals surface area contributed by atoms with E-state index in [-0.39, 0.29) is 12.0 Å². The third-order valence-electron chi connectivity index (χ3n) is 6.22. The Morgan fingerprint density at radius 3 is 2.50 bits per heavy atom. The van der Waals surface area contributed by atoms with E-state index in [1.165, 1.54) is 11.1 Å². The quantitative estimate of drug-likeness (QED) is 0.623. The molecule has 0 amide bonds. The van der Waals surface area contributed by atoms with Crippen LogP contribution >= 0.6 is 0 Å². The Bertz CT molecular complexity index is 920. The molecule has 1 aliphatic rings. The van der Waals surface area contributed by atoms with Crippen molar-refractivity contribution >= 4 is 0 Å². The third kappa shape index (κ3) is 4.89. The second-order valence-corrected chi connectivity index (χ2v) is 8.34. The molecule has 3 aromatic rings. The van der Waals surface area contributed by atoms with Crippen molar-refractivity contribution in [3.05, 3.63) is 77.9 Å². The van der Waals surface area contributed by atoms with E-state index < -0.39 is 0 Å². The fourth-order valence-electron chi connectivity index (χ4n) is 4.41. The highest BCUT2D eigenvalue weighted by molar-refractivity contribution is 5.37. The number of aliphatic hydroxyl groups is 1. The van der Waals surface area contributed by atoms with Crippen molar-refractivity contribution in [3.63, 3.8) is 0 Å². The SMILES string of the molecule is COc1ccc(CN2CCC(CO)(Cc3ccccc3)CC2)cc1Cn1cncn1. The molecule has 2 aromatic carbocycles. The minimum Gasteiger partial charge on any atom is -0.496 e. The summed E-state index contributed by atoms with van der Waals surface area (Å²) >= 11 is 0. The molecule has 1 aromatic heterocycles. The molecule has 0 aliphatic carbocycles. The first-order valence-corrected chi connectivity index (χ1v) is 10.5. The lowest BCUT2D eigenvalue weighted by Gasteiger charge is -2.41. The number of rotatable bonds is 8. The number of hydrogen-bond acceptors (Lipinski definition) is 5. The molecular weight excluding hydrogens is 376 g/mol. The lowest BCUT2D eigenvalue weighted by Crippen LogP contribution is -2.42.